The highest BCUT2D eigenvalue weighted by Crippen LogP contribution is 2.34. The summed E-state index contributed by atoms with van der Waals surface area (Å²) in [6.45, 7) is 7.84. The number of carbonyl (C=O) groups excluding carboxylic acids is 1. The Labute approximate surface area is 166 Å². The van der Waals surface area contributed by atoms with Crippen molar-refractivity contribution < 1.29 is 4.79 Å². The molecule has 0 unspecified atom stereocenters. The van der Waals surface area contributed by atoms with Gasteiger partial charge in [-0.15, -0.1) is 0 Å². The van der Waals surface area contributed by atoms with Gasteiger partial charge in [0.2, 0.25) is 5.91 Å². The van der Waals surface area contributed by atoms with Gasteiger partial charge in [-0.3, -0.25) is 4.79 Å². The normalized spacial score (nSPS) is 18.2. The Morgan fingerprint density at radius 3 is 2.96 bits per heavy atom. The molecule has 5 nitrogen and oxygen atoms in total. The highest BCUT2D eigenvalue weighted by Gasteiger charge is 2.28. The highest BCUT2D eigenvalue weighted by atomic mass is 32.2. The maximum absolute atomic E-state index is 12.6. The van der Waals surface area contributed by atoms with Crippen LogP contribution < -0.4 is 10.2 Å². The molecule has 1 aliphatic rings. The molecule has 144 valence electrons. The van der Waals surface area contributed by atoms with Crippen LogP contribution in [0.2, 0.25) is 0 Å². The van der Waals surface area contributed by atoms with Gasteiger partial charge >= 0.3 is 0 Å². The fourth-order valence-corrected chi connectivity index (χ4v) is 4.24. The topological polar surface area (TPSA) is 58.1 Å². The van der Waals surface area contributed by atoms with E-state index in [1.807, 2.05) is 0 Å². The summed E-state index contributed by atoms with van der Waals surface area (Å²) in [5.41, 5.74) is 1.23. The predicted molar refractivity (Wildman–Crippen MR) is 110 cm³/mol. The number of aryl methyl sites for hydroxylation is 1. The Kier molecular flexibility index (Phi) is 6.72. The zero-order valence-electron chi connectivity index (χ0n) is 16.3. The second-order valence-electron chi connectivity index (χ2n) is 7.21. The second kappa shape index (κ2) is 9.22. The third-order valence-electron chi connectivity index (χ3n) is 4.94. The molecule has 2 atom stereocenters. The molecule has 1 aromatic heterocycles. The van der Waals surface area contributed by atoms with Crippen molar-refractivity contribution in [3.05, 3.63) is 42.2 Å². The van der Waals surface area contributed by atoms with E-state index in [0.717, 1.165) is 41.5 Å². The molecule has 1 N–H and O–H groups in total. The summed E-state index contributed by atoms with van der Waals surface area (Å²) in [4.78, 5) is 25.1. The van der Waals surface area contributed by atoms with E-state index < -0.39 is 0 Å². The summed E-state index contributed by atoms with van der Waals surface area (Å²) in [6, 6.07) is 8.62. The molecule has 1 aliphatic heterocycles. The molecule has 1 aromatic carbocycles. The van der Waals surface area contributed by atoms with E-state index in [9.17, 15) is 4.79 Å². The first-order chi connectivity index (χ1) is 13.1. The zero-order valence-corrected chi connectivity index (χ0v) is 17.1. The van der Waals surface area contributed by atoms with Gasteiger partial charge in [-0.1, -0.05) is 36.4 Å². The number of hydrogen-bond donors (Lipinski definition) is 1. The van der Waals surface area contributed by atoms with Crippen LogP contribution >= 0.6 is 11.8 Å². The molecular weight excluding hydrogens is 356 g/mol. The van der Waals surface area contributed by atoms with Crippen LogP contribution in [-0.2, 0) is 4.79 Å². The van der Waals surface area contributed by atoms with Gasteiger partial charge in [-0.25, -0.2) is 9.97 Å². The lowest BCUT2D eigenvalue weighted by Gasteiger charge is -2.33. The number of piperidine rings is 1. The fraction of sp³-hybridized carbons (Fsp3) is 0.476. The minimum absolute atomic E-state index is 0.00609. The Bertz CT molecular complexity index is 782. The molecule has 1 saturated heterocycles. The Hall–Kier alpha value is -2.08. The summed E-state index contributed by atoms with van der Waals surface area (Å²) < 4.78 is 0. The number of anilines is 1. The predicted octanol–water partition coefficient (Wildman–Crippen LogP) is 4.07. The van der Waals surface area contributed by atoms with Crippen LogP contribution in [-0.4, -0.2) is 35.0 Å². The molecule has 27 heavy (non-hydrogen) atoms. The lowest BCUT2D eigenvalue weighted by atomic mass is 9.96. The van der Waals surface area contributed by atoms with Crippen molar-refractivity contribution in [2.75, 3.05) is 18.0 Å². The van der Waals surface area contributed by atoms with Crippen LogP contribution in [0.3, 0.4) is 0 Å². The molecule has 0 bridgehead atoms. The van der Waals surface area contributed by atoms with Crippen LogP contribution in [0.25, 0.3) is 0 Å². The first kappa shape index (κ1) is 19.7. The lowest BCUT2D eigenvalue weighted by molar-refractivity contribution is -0.125. The lowest BCUT2D eigenvalue weighted by Crippen LogP contribution is -2.45. The van der Waals surface area contributed by atoms with E-state index in [4.69, 9.17) is 0 Å². The summed E-state index contributed by atoms with van der Waals surface area (Å²) in [6.07, 6.45) is 6.34. The van der Waals surface area contributed by atoms with Crippen molar-refractivity contribution in [3.63, 3.8) is 0 Å². The van der Waals surface area contributed by atoms with E-state index in [1.54, 1.807) is 24.2 Å². The van der Waals surface area contributed by atoms with Crippen molar-refractivity contribution in [3.8, 4) is 0 Å². The van der Waals surface area contributed by atoms with E-state index in [2.05, 4.69) is 65.2 Å². The van der Waals surface area contributed by atoms with E-state index in [-0.39, 0.29) is 17.9 Å². The van der Waals surface area contributed by atoms with Gasteiger partial charge in [0.05, 0.1) is 5.92 Å². The minimum atomic E-state index is 0.00609. The number of nitrogens with one attached hydrogen (secondary N) is 1. The van der Waals surface area contributed by atoms with Crippen molar-refractivity contribution in [1.29, 1.82) is 0 Å². The molecule has 2 heterocycles. The Balaban J connectivity index is 1.75. The quantitative estimate of drug-likeness (QED) is 0.814. The maximum atomic E-state index is 12.6. The Morgan fingerprint density at radius 1 is 1.37 bits per heavy atom. The van der Waals surface area contributed by atoms with E-state index in [1.165, 1.54) is 5.56 Å². The van der Waals surface area contributed by atoms with Gasteiger partial charge in [0.1, 0.15) is 5.03 Å². The van der Waals surface area contributed by atoms with Crippen LogP contribution in [0.4, 0.5) is 5.82 Å². The van der Waals surface area contributed by atoms with E-state index >= 15 is 0 Å². The van der Waals surface area contributed by atoms with Gasteiger partial charge in [-0.2, -0.15) is 0 Å². The van der Waals surface area contributed by atoms with Crippen LogP contribution in [0.5, 0.6) is 0 Å². The third-order valence-corrected chi connectivity index (χ3v) is 5.91. The molecule has 1 fully saturated rings. The summed E-state index contributed by atoms with van der Waals surface area (Å²) >= 11 is 1.63. The monoisotopic (exact) mass is 384 g/mol. The molecule has 1 amide bonds. The van der Waals surface area contributed by atoms with Gasteiger partial charge in [-0.05, 0) is 45.2 Å². The minimum Gasteiger partial charge on any atom is -0.354 e. The van der Waals surface area contributed by atoms with Crippen molar-refractivity contribution in [2.45, 2.75) is 56.0 Å². The Morgan fingerprint density at radius 2 is 2.19 bits per heavy atom. The number of nitrogens with zero attached hydrogens (tertiary/aromatic N) is 3. The van der Waals surface area contributed by atoms with Crippen molar-refractivity contribution in [2.24, 2.45) is 5.92 Å². The van der Waals surface area contributed by atoms with Crippen molar-refractivity contribution in [1.82, 2.24) is 15.3 Å². The number of carbonyl (C=O) groups is 1. The number of hydrogen-bond acceptors (Lipinski definition) is 5. The van der Waals surface area contributed by atoms with Gasteiger partial charge in [0.25, 0.3) is 0 Å². The number of amides is 1. The van der Waals surface area contributed by atoms with E-state index in [0.29, 0.717) is 6.54 Å². The first-order valence-electron chi connectivity index (χ1n) is 9.67. The van der Waals surface area contributed by atoms with Crippen LogP contribution in [0, 0.1) is 12.8 Å². The first-order valence-corrected chi connectivity index (χ1v) is 10.5. The highest BCUT2D eigenvalue weighted by molar-refractivity contribution is 7.99. The maximum Gasteiger partial charge on any atom is 0.225 e. The molecule has 0 radical (unpaired) electrons. The third kappa shape index (κ3) is 5.22. The average Bonchev–Trinajstić information content (AvgIpc) is 2.68. The summed E-state index contributed by atoms with van der Waals surface area (Å²) in [7, 11) is 0. The SMILES string of the molecule is CC[C@H](C)NC(=O)[C@@H]1CCCN(c2nccnc2Sc2cccc(C)c2)C1. The van der Waals surface area contributed by atoms with Gasteiger partial charge in [0, 0.05) is 36.4 Å². The van der Waals surface area contributed by atoms with Crippen LogP contribution in [0.15, 0.2) is 46.6 Å². The smallest absolute Gasteiger partial charge is 0.225 e. The largest absolute Gasteiger partial charge is 0.354 e. The molecule has 0 spiro atoms. The molecule has 0 aliphatic carbocycles. The van der Waals surface area contributed by atoms with Crippen molar-refractivity contribution >= 4 is 23.5 Å². The molecule has 2 aromatic rings. The standard InChI is InChI=1S/C21H28N4OS/c1-4-16(3)24-20(26)17-8-6-12-25(14-17)19-21(23-11-10-22-19)27-18-9-5-7-15(2)13-18/h5,7,9-11,13,16-17H,4,6,8,12,14H2,1-3H3,(H,24,26)/t16-,17+/m0/s1. The fourth-order valence-electron chi connectivity index (χ4n) is 3.24. The van der Waals surface area contributed by atoms with Gasteiger partial charge in [0.15, 0.2) is 5.82 Å². The average molecular weight is 385 g/mol. The molecular formula is C21H28N4OS. The molecule has 0 saturated carbocycles. The number of aromatic nitrogens is 2. The number of benzene rings is 1. The summed E-state index contributed by atoms with van der Waals surface area (Å²) in [5.74, 6) is 1.04. The molecule has 3 rings (SSSR count). The van der Waals surface area contributed by atoms with Gasteiger partial charge < -0.3 is 10.2 Å². The number of rotatable bonds is 6. The van der Waals surface area contributed by atoms with Crippen LogP contribution in [0.1, 0.15) is 38.7 Å². The summed E-state index contributed by atoms with van der Waals surface area (Å²) in [5, 5.41) is 4.02. The zero-order chi connectivity index (χ0) is 19.2. The second-order valence-corrected chi connectivity index (χ2v) is 8.27. The molecule has 6 heteroatoms.